The van der Waals surface area contributed by atoms with E-state index in [-0.39, 0.29) is 5.54 Å². The number of fused-ring (bicyclic) bond motifs is 1. The van der Waals surface area contributed by atoms with E-state index in [0.29, 0.717) is 12.1 Å². The van der Waals surface area contributed by atoms with E-state index in [1.165, 1.54) is 32.1 Å². The third-order valence-corrected chi connectivity index (χ3v) is 5.03. The SMILES string of the molecule is CCNC(C)(C#N)CCCCN1CCOC2CCCCC21. The van der Waals surface area contributed by atoms with Crippen molar-refractivity contribution in [3.05, 3.63) is 0 Å². The van der Waals surface area contributed by atoms with Gasteiger partial charge in [0.15, 0.2) is 0 Å². The number of nitriles is 1. The van der Waals surface area contributed by atoms with Crippen LogP contribution in [0.5, 0.6) is 0 Å². The predicted molar refractivity (Wildman–Crippen MR) is 85.1 cm³/mol. The smallest absolute Gasteiger partial charge is 0.103 e. The van der Waals surface area contributed by atoms with Crippen molar-refractivity contribution in [1.82, 2.24) is 10.2 Å². The first kappa shape index (κ1) is 16.7. The van der Waals surface area contributed by atoms with Crippen LogP contribution in [0.2, 0.25) is 0 Å². The zero-order chi connectivity index (χ0) is 15.1. The van der Waals surface area contributed by atoms with E-state index in [0.717, 1.165) is 39.1 Å². The molecule has 1 aliphatic heterocycles. The Morgan fingerprint density at radius 3 is 2.90 bits per heavy atom. The highest BCUT2D eigenvalue weighted by Gasteiger charge is 2.33. The molecule has 0 aromatic heterocycles. The minimum atomic E-state index is -0.354. The Morgan fingerprint density at radius 1 is 1.33 bits per heavy atom. The molecule has 0 radical (unpaired) electrons. The Labute approximate surface area is 129 Å². The van der Waals surface area contributed by atoms with E-state index in [1.807, 2.05) is 6.92 Å². The second-order valence-corrected chi connectivity index (χ2v) is 6.73. The summed E-state index contributed by atoms with van der Waals surface area (Å²) in [5.74, 6) is 0. The van der Waals surface area contributed by atoms with E-state index in [9.17, 15) is 5.26 Å². The van der Waals surface area contributed by atoms with Gasteiger partial charge < -0.3 is 4.74 Å². The molecule has 1 saturated heterocycles. The highest BCUT2D eigenvalue weighted by atomic mass is 16.5. The number of ether oxygens (including phenoxy) is 1. The molecule has 120 valence electrons. The van der Waals surface area contributed by atoms with E-state index < -0.39 is 0 Å². The van der Waals surface area contributed by atoms with Crippen molar-refractivity contribution in [3.8, 4) is 6.07 Å². The maximum atomic E-state index is 9.28. The van der Waals surface area contributed by atoms with Gasteiger partial charge in [0.2, 0.25) is 0 Å². The highest BCUT2D eigenvalue weighted by molar-refractivity contribution is 5.03. The molecule has 21 heavy (non-hydrogen) atoms. The molecule has 2 fully saturated rings. The average molecular weight is 293 g/mol. The minimum Gasteiger partial charge on any atom is -0.375 e. The van der Waals surface area contributed by atoms with Crippen LogP contribution in [-0.4, -0.2) is 48.8 Å². The van der Waals surface area contributed by atoms with Gasteiger partial charge in [-0.15, -0.1) is 0 Å². The van der Waals surface area contributed by atoms with Crippen LogP contribution in [0.15, 0.2) is 0 Å². The zero-order valence-electron chi connectivity index (χ0n) is 13.7. The van der Waals surface area contributed by atoms with E-state index in [1.54, 1.807) is 0 Å². The summed E-state index contributed by atoms with van der Waals surface area (Å²) in [6.45, 7) is 8.09. The predicted octanol–water partition coefficient (Wildman–Crippen LogP) is 2.69. The van der Waals surface area contributed by atoms with Crippen molar-refractivity contribution >= 4 is 0 Å². The standard InChI is InChI=1S/C17H31N3O/c1-3-19-17(2,14-18)10-6-7-11-20-12-13-21-16-9-5-4-8-15(16)20/h15-16,19H,3-13H2,1-2H3. The van der Waals surface area contributed by atoms with Crippen molar-refractivity contribution in [2.24, 2.45) is 0 Å². The fourth-order valence-electron chi connectivity index (χ4n) is 3.82. The Bertz CT molecular complexity index is 352. The summed E-state index contributed by atoms with van der Waals surface area (Å²) >= 11 is 0. The molecule has 0 aromatic rings. The normalized spacial score (nSPS) is 29.4. The molecule has 0 bridgehead atoms. The maximum absolute atomic E-state index is 9.28. The first-order valence-corrected chi connectivity index (χ1v) is 8.70. The summed E-state index contributed by atoms with van der Waals surface area (Å²) in [6.07, 6.45) is 8.96. The van der Waals surface area contributed by atoms with Crippen molar-refractivity contribution in [2.75, 3.05) is 26.2 Å². The lowest BCUT2D eigenvalue weighted by Crippen LogP contribution is -2.52. The van der Waals surface area contributed by atoms with Gasteiger partial charge in [0.1, 0.15) is 5.54 Å². The fourth-order valence-corrected chi connectivity index (χ4v) is 3.82. The third-order valence-electron chi connectivity index (χ3n) is 5.03. The lowest BCUT2D eigenvalue weighted by Gasteiger charge is -2.44. The highest BCUT2D eigenvalue weighted by Crippen LogP contribution is 2.28. The van der Waals surface area contributed by atoms with Crippen LogP contribution in [-0.2, 0) is 4.74 Å². The summed E-state index contributed by atoms with van der Waals surface area (Å²) < 4.78 is 5.93. The largest absolute Gasteiger partial charge is 0.375 e. The molecule has 3 atom stereocenters. The van der Waals surface area contributed by atoms with Crippen LogP contribution in [0.1, 0.15) is 58.8 Å². The van der Waals surface area contributed by atoms with Gasteiger partial charge in [-0.3, -0.25) is 10.2 Å². The molecule has 0 aromatic carbocycles. The van der Waals surface area contributed by atoms with Gasteiger partial charge in [0, 0.05) is 12.6 Å². The molecule has 2 rings (SSSR count). The fraction of sp³-hybridized carbons (Fsp3) is 0.941. The molecule has 1 heterocycles. The van der Waals surface area contributed by atoms with Crippen molar-refractivity contribution < 1.29 is 4.74 Å². The first-order chi connectivity index (χ1) is 10.2. The molecule has 1 aliphatic carbocycles. The second kappa shape index (κ2) is 8.12. The topological polar surface area (TPSA) is 48.3 Å². The summed E-state index contributed by atoms with van der Waals surface area (Å²) in [6, 6.07) is 3.07. The Morgan fingerprint density at radius 2 is 2.14 bits per heavy atom. The summed E-state index contributed by atoms with van der Waals surface area (Å²) in [4.78, 5) is 2.64. The molecular weight excluding hydrogens is 262 g/mol. The lowest BCUT2D eigenvalue weighted by atomic mass is 9.89. The molecular formula is C17H31N3O. The van der Waals surface area contributed by atoms with Gasteiger partial charge in [-0.1, -0.05) is 19.8 Å². The number of hydrogen-bond acceptors (Lipinski definition) is 4. The number of nitrogens with zero attached hydrogens (tertiary/aromatic N) is 2. The minimum absolute atomic E-state index is 0.354. The molecule has 3 unspecified atom stereocenters. The summed E-state index contributed by atoms with van der Waals surface area (Å²) in [7, 11) is 0. The molecule has 4 nitrogen and oxygen atoms in total. The van der Waals surface area contributed by atoms with Gasteiger partial charge in [0.25, 0.3) is 0 Å². The van der Waals surface area contributed by atoms with Crippen LogP contribution in [0.4, 0.5) is 0 Å². The Hall–Kier alpha value is -0.630. The number of hydrogen-bond donors (Lipinski definition) is 1. The third kappa shape index (κ3) is 4.67. The van der Waals surface area contributed by atoms with Crippen molar-refractivity contribution in [2.45, 2.75) is 76.5 Å². The average Bonchev–Trinajstić information content (AvgIpc) is 2.52. The molecule has 2 aliphatic rings. The maximum Gasteiger partial charge on any atom is 0.103 e. The van der Waals surface area contributed by atoms with E-state index >= 15 is 0 Å². The van der Waals surface area contributed by atoms with Crippen molar-refractivity contribution in [1.29, 1.82) is 5.26 Å². The Kier molecular flexibility index (Phi) is 6.47. The van der Waals surface area contributed by atoms with Gasteiger partial charge in [-0.2, -0.15) is 5.26 Å². The summed E-state index contributed by atoms with van der Waals surface area (Å²) in [5, 5.41) is 12.6. The number of nitrogens with one attached hydrogen (secondary N) is 1. The molecule has 4 heteroatoms. The molecule has 1 N–H and O–H groups in total. The second-order valence-electron chi connectivity index (χ2n) is 6.73. The molecule has 0 amide bonds. The quantitative estimate of drug-likeness (QED) is 0.733. The van der Waals surface area contributed by atoms with Gasteiger partial charge >= 0.3 is 0 Å². The van der Waals surface area contributed by atoms with Crippen LogP contribution in [0.3, 0.4) is 0 Å². The van der Waals surface area contributed by atoms with Crippen LogP contribution in [0, 0.1) is 11.3 Å². The molecule has 0 spiro atoms. The lowest BCUT2D eigenvalue weighted by molar-refractivity contribution is -0.0883. The van der Waals surface area contributed by atoms with E-state index in [2.05, 4.69) is 23.2 Å². The van der Waals surface area contributed by atoms with Gasteiger partial charge in [-0.25, -0.2) is 0 Å². The number of rotatable bonds is 7. The van der Waals surface area contributed by atoms with Gasteiger partial charge in [0.05, 0.1) is 18.8 Å². The van der Waals surface area contributed by atoms with E-state index in [4.69, 9.17) is 4.74 Å². The zero-order valence-corrected chi connectivity index (χ0v) is 13.7. The Balaban J connectivity index is 1.71. The number of unbranched alkanes of at least 4 members (excludes halogenated alkanes) is 1. The van der Waals surface area contributed by atoms with Crippen LogP contribution >= 0.6 is 0 Å². The monoisotopic (exact) mass is 293 g/mol. The van der Waals surface area contributed by atoms with Crippen molar-refractivity contribution in [3.63, 3.8) is 0 Å². The number of morpholine rings is 1. The summed E-state index contributed by atoms with van der Waals surface area (Å²) in [5.41, 5.74) is -0.354. The van der Waals surface area contributed by atoms with Crippen LogP contribution < -0.4 is 5.32 Å². The van der Waals surface area contributed by atoms with Gasteiger partial charge in [-0.05, 0) is 52.1 Å². The molecule has 1 saturated carbocycles. The first-order valence-electron chi connectivity index (χ1n) is 8.70. The van der Waals surface area contributed by atoms with Crippen LogP contribution in [0.25, 0.3) is 0 Å².